The Morgan fingerprint density at radius 2 is 2.06 bits per heavy atom. The van der Waals surface area contributed by atoms with Crippen LogP contribution in [-0.4, -0.2) is 35.9 Å². The first-order valence-corrected chi connectivity index (χ1v) is 6.45. The second-order valence-electron chi connectivity index (χ2n) is 3.88. The Morgan fingerprint density at radius 3 is 2.56 bits per heavy atom. The fourth-order valence-corrected chi connectivity index (χ4v) is 2.95. The first-order valence-electron chi connectivity index (χ1n) is 5.40. The zero-order chi connectivity index (χ0) is 13.1. The molecular formula is C12H13NO4S. The van der Waals surface area contributed by atoms with Gasteiger partial charge in [-0.05, 0) is 17.7 Å². The van der Waals surface area contributed by atoms with Crippen LogP contribution in [0.5, 0.6) is 0 Å². The zero-order valence-electron chi connectivity index (χ0n) is 9.75. The van der Waals surface area contributed by atoms with Crippen molar-refractivity contribution in [2.45, 2.75) is 11.4 Å². The van der Waals surface area contributed by atoms with Crippen molar-refractivity contribution in [2.24, 2.45) is 0 Å². The Balaban J connectivity index is 2.07. The van der Waals surface area contributed by atoms with Crippen molar-refractivity contribution < 1.29 is 19.4 Å². The van der Waals surface area contributed by atoms with Crippen molar-refractivity contribution in [3.8, 4) is 0 Å². The first-order chi connectivity index (χ1) is 8.61. The summed E-state index contributed by atoms with van der Waals surface area (Å²) in [6.07, 6.45) is 0. The summed E-state index contributed by atoms with van der Waals surface area (Å²) in [6, 6.07) is 6.46. The van der Waals surface area contributed by atoms with E-state index < -0.39 is 12.0 Å². The van der Waals surface area contributed by atoms with Crippen molar-refractivity contribution in [3.63, 3.8) is 0 Å². The smallest absolute Gasteiger partial charge is 0.337 e. The minimum Gasteiger partial charge on any atom is -0.480 e. The molecule has 0 bridgehead atoms. The van der Waals surface area contributed by atoms with Crippen LogP contribution in [0.15, 0.2) is 24.3 Å². The molecule has 6 heteroatoms. The molecule has 96 valence electrons. The van der Waals surface area contributed by atoms with Crippen LogP contribution < -0.4 is 5.32 Å². The molecule has 0 amide bonds. The van der Waals surface area contributed by atoms with Crippen molar-refractivity contribution in [1.82, 2.24) is 5.32 Å². The van der Waals surface area contributed by atoms with E-state index in [1.165, 1.54) is 7.11 Å². The van der Waals surface area contributed by atoms with Gasteiger partial charge in [0.1, 0.15) is 6.04 Å². The molecule has 0 radical (unpaired) electrons. The van der Waals surface area contributed by atoms with Gasteiger partial charge in [0.25, 0.3) is 0 Å². The summed E-state index contributed by atoms with van der Waals surface area (Å²) in [4.78, 5) is 22.1. The van der Waals surface area contributed by atoms with E-state index in [-0.39, 0.29) is 11.3 Å². The van der Waals surface area contributed by atoms with Gasteiger partial charge in [-0.1, -0.05) is 12.1 Å². The fourth-order valence-electron chi connectivity index (χ4n) is 1.72. The molecule has 1 saturated heterocycles. The van der Waals surface area contributed by atoms with Crippen LogP contribution in [-0.2, 0) is 9.53 Å². The SMILES string of the molecule is COC(=O)c1ccc([C@@H]2N[C@@H](C(=O)O)CS2)cc1. The minimum atomic E-state index is -0.837. The molecule has 1 heterocycles. The number of hydrogen-bond donors (Lipinski definition) is 2. The van der Waals surface area contributed by atoms with E-state index in [2.05, 4.69) is 10.1 Å². The van der Waals surface area contributed by atoms with Gasteiger partial charge < -0.3 is 9.84 Å². The van der Waals surface area contributed by atoms with Gasteiger partial charge in [-0.3, -0.25) is 10.1 Å². The van der Waals surface area contributed by atoms with Crippen LogP contribution in [0.2, 0.25) is 0 Å². The van der Waals surface area contributed by atoms with Crippen molar-refractivity contribution in [3.05, 3.63) is 35.4 Å². The number of esters is 1. The highest BCUT2D eigenvalue weighted by atomic mass is 32.2. The maximum Gasteiger partial charge on any atom is 0.337 e. The van der Waals surface area contributed by atoms with E-state index in [1.807, 2.05) is 0 Å². The first kappa shape index (κ1) is 12.9. The molecule has 18 heavy (non-hydrogen) atoms. The number of carboxylic acid groups (broad SMARTS) is 1. The Bertz CT molecular complexity index is 460. The van der Waals surface area contributed by atoms with Gasteiger partial charge in [-0.25, -0.2) is 4.79 Å². The second-order valence-corrected chi connectivity index (χ2v) is 5.02. The van der Waals surface area contributed by atoms with Crippen LogP contribution in [0.25, 0.3) is 0 Å². The van der Waals surface area contributed by atoms with Crippen LogP contribution in [0.3, 0.4) is 0 Å². The van der Waals surface area contributed by atoms with E-state index in [4.69, 9.17) is 5.11 Å². The lowest BCUT2D eigenvalue weighted by Gasteiger charge is -2.11. The van der Waals surface area contributed by atoms with Gasteiger partial charge in [-0.2, -0.15) is 0 Å². The highest BCUT2D eigenvalue weighted by Gasteiger charge is 2.30. The lowest BCUT2D eigenvalue weighted by molar-refractivity contribution is -0.138. The Hall–Kier alpha value is -1.53. The zero-order valence-corrected chi connectivity index (χ0v) is 10.6. The van der Waals surface area contributed by atoms with Crippen molar-refractivity contribution in [2.75, 3.05) is 12.9 Å². The topological polar surface area (TPSA) is 75.6 Å². The third kappa shape index (κ3) is 2.65. The average Bonchev–Trinajstić information content (AvgIpc) is 2.88. The lowest BCUT2D eigenvalue weighted by atomic mass is 10.1. The molecule has 2 N–H and O–H groups in total. The number of carbonyl (C=O) groups excluding carboxylic acids is 1. The standard InChI is InChI=1S/C12H13NO4S/c1-17-12(16)8-4-2-7(3-5-8)10-13-9(6-18-10)11(14)15/h2-5,9-10,13H,6H2,1H3,(H,14,15)/t9-,10-/m1/s1. The van der Waals surface area contributed by atoms with E-state index in [0.29, 0.717) is 11.3 Å². The summed E-state index contributed by atoms with van der Waals surface area (Å²) in [5, 5.41) is 11.9. The molecule has 0 unspecified atom stereocenters. The normalized spacial score (nSPS) is 22.7. The number of carboxylic acids is 1. The summed E-state index contributed by atoms with van der Waals surface area (Å²) in [5.74, 6) is -0.674. The largest absolute Gasteiger partial charge is 0.480 e. The number of hydrogen-bond acceptors (Lipinski definition) is 5. The van der Waals surface area contributed by atoms with Crippen molar-refractivity contribution in [1.29, 1.82) is 0 Å². The monoisotopic (exact) mass is 267 g/mol. The van der Waals surface area contributed by atoms with Crippen LogP contribution in [0, 0.1) is 0 Å². The van der Waals surface area contributed by atoms with Crippen LogP contribution in [0.4, 0.5) is 0 Å². The summed E-state index contributed by atoms with van der Waals surface area (Å²) < 4.78 is 4.61. The molecule has 5 nitrogen and oxygen atoms in total. The molecule has 0 saturated carbocycles. The molecule has 1 fully saturated rings. The maximum atomic E-state index is 11.3. The fraction of sp³-hybridized carbons (Fsp3) is 0.333. The molecule has 1 aromatic rings. The van der Waals surface area contributed by atoms with Gasteiger partial charge in [0.2, 0.25) is 0 Å². The number of rotatable bonds is 3. The highest BCUT2D eigenvalue weighted by molar-refractivity contribution is 7.99. The number of nitrogens with one attached hydrogen (secondary N) is 1. The number of aliphatic carboxylic acids is 1. The van der Waals surface area contributed by atoms with Gasteiger partial charge in [-0.15, -0.1) is 11.8 Å². The Kier molecular flexibility index (Phi) is 3.88. The number of ether oxygens (including phenoxy) is 1. The number of benzene rings is 1. The summed E-state index contributed by atoms with van der Waals surface area (Å²) in [6.45, 7) is 0. The van der Waals surface area contributed by atoms with Crippen LogP contribution >= 0.6 is 11.8 Å². The molecule has 1 aliphatic rings. The minimum absolute atomic E-state index is 0.0437. The molecule has 0 aliphatic carbocycles. The quantitative estimate of drug-likeness (QED) is 0.803. The number of carbonyl (C=O) groups is 2. The molecule has 2 rings (SSSR count). The maximum absolute atomic E-state index is 11.3. The highest BCUT2D eigenvalue weighted by Crippen LogP contribution is 2.32. The molecular weight excluding hydrogens is 254 g/mol. The van der Waals surface area contributed by atoms with E-state index in [0.717, 1.165) is 5.56 Å². The van der Waals surface area contributed by atoms with Crippen LogP contribution in [0.1, 0.15) is 21.3 Å². The second kappa shape index (κ2) is 5.41. The average molecular weight is 267 g/mol. The summed E-state index contributed by atoms with van der Waals surface area (Å²) in [7, 11) is 1.34. The van der Waals surface area contributed by atoms with E-state index >= 15 is 0 Å². The van der Waals surface area contributed by atoms with Gasteiger partial charge in [0.15, 0.2) is 0 Å². The molecule has 0 aromatic heterocycles. The third-order valence-electron chi connectivity index (χ3n) is 2.71. The Morgan fingerprint density at radius 1 is 1.39 bits per heavy atom. The summed E-state index contributed by atoms with van der Waals surface area (Å²) in [5.41, 5.74) is 1.44. The third-order valence-corrected chi connectivity index (χ3v) is 3.98. The van der Waals surface area contributed by atoms with E-state index in [9.17, 15) is 9.59 Å². The van der Waals surface area contributed by atoms with Gasteiger partial charge in [0.05, 0.1) is 18.0 Å². The lowest BCUT2D eigenvalue weighted by Crippen LogP contribution is -2.33. The Labute approximate surface area is 109 Å². The summed E-state index contributed by atoms with van der Waals surface area (Å²) >= 11 is 1.54. The predicted octanol–water partition coefficient (Wildman–Crippen LogP) is 1.26. The van der Waals surface area contributed by atoms with Gasteiger partial charge in [0, 0.05) is 5.75 Å². The molecule has 1 aliphatic heterocycles. The molecule has 0 spiro atoms. The predicted molar refractivity (Wildman–Crippen MR) is 67.5 cm³/mol. The molecule has 1 aromatic carbocycles. The number of thioether (sulfide) groups is 1. The number of methoxy groups -OCH3 is 1. The van der Waals surface area contributed by atoms with E-state index in [1.54, 1.807) is 36.0 Å². The van der Waals surface area contributed by atoms with Gasteiger partial charge >= 0.3 is 11.9 Å². The van der Waals surface area contributed by atoms with Crippen molar-refractivity contribution >= 4 is 23.7 Å². The molecule has 2 atom stereocenters.